The minimum atomic E-state index is -0.712. The van der Waals surface area contributed by atoms with Crippen molar-refractivity contribution in [1.82, 2.24) is 20.4 Å². The number of hydrogen-bond acceptors (Lipinski definition) is 7. The number of piperazine rings is 1. The molecule has 1 aromatic carbocycles. The molecule has 3 rings (SSSR count). The summed E-state index contributed by atoms with van der Waals surface area (Å²) in [5.41, 5.74) is 1.51. The number of benzene rings is 1. The summed E-state index contributed by atoms with van der Waals surface area (Å²) in [7, 11) is 0. The van der Waals surface area contributed by atoms with Crippen LogP contribution in [-0.4, -0.2) is 80.4 Å². The summed E-state index contributed by atoms with van der Waals surface area (Å²) < 4.78 is 16.2. The molecule has 180 valence electrons. The molecule has 2 N–H and O–H groups in total. The molecule has 0 saturated carbocycles. The summed E-state index contributed by atoms with van der Waals surface area (Å²) in [6.45, 7) is 8.90. The van der Waals surface area contributed by atoms with Gasteiger partial charge in [0.25, 0.3) is 0 Å². The molecule has 10 heteroatoms. The van der Waals surface area contributed by atoms with Gasteiger partial charge in [-0.05, 0) is 26.8 Å². The first kappa shape index (κ1) is 24.4. The van der Waals surface area contributed by atoms with Gasteiger partial charge in [0.15, 0.2) is 0 Å². The number of urea groups is 1. The van der Waals surface area contributed by atoms with Gasteiger partial charge in [0.05, 0.1) is 31.4 Å². The lowest BCUT2D eigenvalue weighted by atomic mass is 9.94. The first-order valence-corrected chi connectivity index (χ1v) is 11.3. The van der Waals surface area contributed by atoms with Gasteiger partial charge >= 0.3 is 18.1 Å². The van der Waals surface area contributed by atoms with Crippen LogP contribution in [0, 0.1) is 0 Å². The molecule has 33 heavy (non-hydrogen) atoms. The van der Waals surface area contributed by atoms with Gasteiger partial charge < -0.3 is 29.7 Å². The van der Waals surface area contributed by atoms with Crippen molar-refractivity contribution in [3.05, 3.63) is 41.1 Å². The molecule has 10 nitrogen and oxygen atoms in total. The number of amides is 3. The molecule has 0 radical (unpaired) electrons. The smallest absolute Gasteiger partial charge is 0.409 e. The van der Waals surface area contributed by atoms with Crippen LogP contribution in [0.4, 0.5) is 9.59 Å². The van der Waals surface area contributed by atoms with E-state index in [1.54, 1.807) is 18.7 Å². The van der Waals surface area contributed by atoms with Crippen LogP contribution in [-0.2, 0) is 14.3 Å². The Morgan fingerprint density at radius 3 is 2.36 bits per heavy atom. The normalized spacial score (nSPS) is 18.9. The Kier molecular flexibility index (Phi) is 8.53. The van der Waals surface area contributed by atoms with Gasteiger partial charge in [0.1, 0.15) is 5.75 Å². The van der Waals surface area contributed by atoms with Crippen molar-refractivity contribution in [3.63, 3.8) is 0 Å². The van der Waals surface area contributed by atoms with Crippen LogP contribution in [0.5, 0.6) is 5.75 Å². The van der Waals surface area contributed by atoms with Crippen LogP contribution in [0.1, 0.15) is 32.4 Å². The van der Waals surface area contributed by atoms with Crippen LogP contribution < -0.4 is 15.4 Å². The minimum absolute atomic E-state index is 0.210. The molecular weight excluding hydrogens is 428 g/mol. The number of rotatable bonds is 8. The highest BCUT2D eigenvalue weighted by Crippen LogP contribution is 2.34. The van der Waals surface area contributed by atoms with Crippen LogP contribution in [0.2, 0.25) is 0 Å². The topological polar surface area (TPSA) is 109 Å². The van der Waals surface area contributed by atoms with Gasteiger partial charge in [-0.3, -0.25) is 4.90 Å². The third kappa shape index (κ3) is 5.95. The number of nitrogens with zero attached hydrogens (tertiary/aromatic N) is 2. The van der Waals surface area contributed by atoms with Gasteiger partial charge in [-0.25, -0.2) is 14.4 Å². The van der Waals surface area contributed by atoms with E-state index in [1.165, 1.54) is 0 Å². The first-order chi connectivity index (χ1) is 16.0. The van der Waals surface area contributed by atoms with Crippen LogP contribution in [0.3, 0.4) is 0 Å². The lowest BCUT2D eigenvalue weighted by molar-refractivity contribution is -0.139. The highest BCUT2D eigenvalue weighted by molar-refractivity contribution is 5.95. The second kappa shape index (κ2) is 11.6. The second-order valence-electron chi connectivity index (χ2n) is 7.58. The minimum Gasteiger partial charge on any atom is -0.494 e. The Morgan fingerprint density at radius 1 is 1.00 bits per heavy atom. The lowest BCUT2D eigenvalue weighted by Crippen LogP contribution is -2.52. The number of esters is 1. The van der Waals surface area contributed by atoms with Crippen molar-refractivity contribution in [2.24, 2.45) is 0 Å². The zero-order valence-electron chi connectivity index (χ0n) is 19.4. The van der Waals surface area contributed by atoms with Crippen molar-refractivity contribution in [2.75, 3.05) is 52.5 Å². The molecule has 0 bridgehead atoms. The maximum atomic E-state index is 13.0. The van der Waals surface area contributed by atoms with Crippen molar-refractivity contribution in [2.45, 2.75) is 26.8 Å². The summed E-state index contributed by atoms with van der Waals surface area (Å²) in [6, 6.07) is 6.20. The SMILES string of the molecule is CCOC(=O)C1=C(CN2CCN(C(=O)OCC)CC2)NC(=O)NC1c1ccccc1OCC. The van der Waals surface area contributed by atoms with Crippen molar-refractivity contribution in [1.29, 1.82) is 0 Å². The van der Waals surface area contributed by atoms with Gasteiger partial charge in [-0.2, -0.15) is 0 Å². The Bertz CT molecular complexity index is 895. The quantitative estimate of drug-likeness (QED) is 0.571. The van der Waals surface area contributed by atoms with E-state index in [4.69, 9.17) is 14.2 Å². The molecule has 1 saturated heterocycles. The largest absolute Gasteiger partial charge is 0.494 e. The molecule has 0 spiro atoms. The third-order valence-corrected chi connectivity index (χ3v) is 5.46. The molecule has 1 unspecified atom stereocenters. The van der Waals surface area contributed by atoms with E-state index in [-0.39, 0.29) is 12.7 Å². The van der Waals surface area contributed by atoms with E-state index in [9.17, 15) is 14.4 Å². The second-order valence-corrected chi connectivity index (χ2v) is 7.58. The average Bonchev–Trinajstić information content (AvgIpc) is 2.80. The molecule has 0 aliphatic carbocycles. The van der Waals surface area contributed by atoms with E-state index in [1.807, 2.05) is 31.2 Å². The first-order valence-electron chi connectivity index (χ1n) is 11.3. The molecule has 1 fully saturated rings. The zero-order chi connectivity index (χ0) is 23.8. The average molecular weight is 461 g/mol. The molecular formula is C23H32N4O6. The molecule has 0 aromatic heterocycles. The number of hydrogen-bond donors (Lipinski definition) is 2. The summed E-state index contributed by atoms with van der Waals surface area (Å²) in [5.74, 6) is 0.0952. The Balaban J connectivity index is 1.88. The van der Waals surface area contributed by atoms with E-state index >= 15 is 0 Å². The van der Waals surface area contributed by atoms with Crippen molar-refractivity contribution < 1.29 is 28.6 Å². The van der Waals surface area contributed by atoms with Gasteiger partial charge in [-0.15, -0.1) is 0 Å². The maximum absolute atomic E-state index is 13.0. The van der Waals surface area contributed by atoms with Gasteiger partial charge in [-0.1, -0.05) is 18.2 Å². The predicted octanol–water partition coefficient (Wildman–Crippen LogP) is 2.03. The summed E-state index contributed by atoms with van der Waals surface area (Å²) in [5, 5.41) is 5.65. The molecule has 2 aliphatic heterocycles. The molecule has 3 amide bonds. The fourth-order valence-electron chi connectivity index (χ4n) is 3.96. The standard InChI is InChI=1S/C23H32N4O6/c1-4-31-18-10-8-7-9-16(18)20-19(21(28)32-5-2)17(24-22(29)25-20)15-26-11-13-27(14-12-26)23(30)33-6-3/h7-10,20H,4-6,11-15H2,1-3H3,(H2,24,25,29). The van der Waals surface area contributed by atoms with Crippen LogP contribution >= 0.6 is 0 Å². The predicted molar refractivity (Wildman–Crippen MR) is 121 cm³/mol. The number of para-hydroxylation sites is 1. The highest BCUT2D eigenvalue weighted by Gasteiger charge is 2.36. The number of carbonyl (C=O) groups excluding carboxylic acids is 3. The molecule has 2 heterocycles. The summed E-state index contributed by atoms with van der Waals surface area (Å²) in [6.07, 6.45) is -0.327. The van der Waals surface area contributed by atoms with E-state index in [2.05, 4.69) is 15.5 Å². The summed E-state index contributed by atoms with van der Waals surface area (Å²) >= 11 is 0. The number of carbonyl (C=O) groups is 3. The fourth-order valence-corrected chi connectivity index (χ4v) is 3.96. The number of nitrogens with one attached hydrogen (secondary N) is 2. The third-order valence-electron chi connectivity index (χ3n) is 5.46. The van der Waals surface area contributed by atoms with Crippen molar-refractivity contribution >= 4 is 18.1 Å². The Labute approximate surface area is 193 Å². The molecule has 1 aromatic rings. The van der Waals surface area contributed by atoms with E-state index in [0.717, 1.165) is 0 Å². The van der Waals surface area contributed by atoms with Crippen LogP contribution in [0.15, 0.2) is 35.5 Å². The summed E-state index contributed by atoms with van der Waals surface area (Å²) in [4.78, 5) is 41.3. The van der Waals surface area contributed by atoms with Gasteiger partial charge in [0.2, 0.25) is 0 Å². The molecule has 2 aliphatic rings. The maximum Gasteiger partial charge on any atom is 0.409 e. The van der Waals surface area contributed by atoms with E-state index in [0.29, 0.717) is 68.5 Å². The number of ether oxygens (including phenoxy) is 3. The monoisotopic (exact) mass is 460 g/mol. The zero-order valence-corrected chi connectivity index (χ0v) is 19.4. The Morgan fingerprint density at radius 2 is 1.70 bits per heavy atom. The van der Waals surface area contributed by atoms with Gasteiger partial charge in [0, 0.05) is 44.0 Å². The fraction of sp³-hybridized carbons (Fsp3) is 0.522. The van der Waals surface area contributed by atoms with E-state index < -0.39 is 18.0 Å². The van der Waals surface area contributed by atoms with Crippen molar-refractivity contribution in [3.8, 4) is 5.75 Å². The highest BCUT2D eigenvalue weighted by atomic mass is 16.6. The lowest BCUT2D eigenvalue weighted by Gasteiger charge is -2.36. The molecule has 1 atom stereocenters. The Hall–Kier alpha value is -3.27. The van der Waals surface area contributed by atoms with Crippen LogP contribution in [0.25, 0.3) is 0 Å².